The summed E-state index contributed by atoms with van der Waals surface area (Å²) in [6.07, 6.45) is 5.70. The molecule has 0 unspecified atom stereocenters. The van der Waals surface area contributed by atoms with Crippen molar-refractivity contribution in [3.05, 3.63) is 29.8 Å². The van der Waals surface area contributed by atoms with Crippen LogP contribution in [0.5, 0.6) is 0 Å². The largest absolute Gasteiger partial charge is 0.392 e. The predicted molar refractivity (Wildman–Crippen MR) is 118 cm³/mol. The van der Waals surface area contributed by atoms with E-state index < -0.39 is 0 Å². The molecule has 2 N–H and O–H groups in total. The number of nitrogens with one attached hydrogen (secondary N) is 1. The number of rotatable bonds is 2. The number of halogens is 2. The number of aliphatic hydroxyl groups excluding tert-OH is 1. The van der Waals surface area contributed by atoms with E-state index in [0.717, 1.165) is 39.1 Å². The van der Waals surface area contributed by atoms with Gasteiger partial charge in [0.05, 0.1) is 6.10 Å². The summed E-state index contributed by atoms with van der Waals surface area (Å²) in [4.78, 5) is 5.26. The molecule has 0 aromatic heterocycles. The van der Waals surface area contributed by atoms with Crippen molar-refractivity contribution in [1.82, 2.24) is 10.2 Å². The fourth-order valence-corrected chi connectivity index (χ4v) is 5.31. The Kier molecular flexibility index (Phi) is 8.26. The normalized spacial score (nSPS) is 29.9. The first-order valence-corrected chi connectivity index (χ1v) is 10.1. The summed E-state index contributed by atoms with van der Waals surface area (Å²) in [7, 11) is 0. The van der Waals surface area contributed by atoms with Crippen molar-refractivity contribution in [1.29, 1.82) is 0 Å². The Morgan fingerprint density at radius 2 is 1.81 bits per heavy atom. The zero-order valence-corrected chi connectivity index (χ0v) is 18.0. The molecule has 3 aliphatic heterocycles. The van der Waals surface area contributed by atoms with Crippen LogP contribution < -0.4 is 10.2 Å². The molecular formula is C21H35Cl2N3O. The first-order valence-electron chi connectivity index (χ1n) is 10.1. The Balaban J connectivity index is 0.00000131. The number of aryl methyl sites for hydroxylation is 1. The van der Waals surface area contributed by atoms with E-state index >= 15 is 0 Å². The van der Waals surface area contributed by atoms with E-state index in [1.807, 2.05) is 0 Å². The molecule has 4 rings (SSSR count). The maximum absolute atomic E-state index is 10.6. The minimum absolute atomic E-state index is 0. The zero-order valence-electron chi connectivity index (χ0n) is 16.4. The van der Waals surface area contributed by atoms with Crippen LogP contribution in [0.25, 0.3) is 0 Å². The highest BCUT2D eigenvalue weighted by molar-refractivity contribution is 5.85. The minimum atomic E-state index is -0.122. The first-order chi connectivity index (χ1) is 12.2. The van der Waals surface area contributed by atoms with E-state index in [0.29, 0.717) is 6.04 Å². The fourth-order valence-electron chi connectivity index (χ4n) is 5.31. The number of para-hydroxylation sites is 1. The maximum Gasteiger partial charge on any atom is 0.0633 e. The molecule has 0 saturated carbocycles. The number of anilines is 1. The average Bonchev–Trinajstić information content (AvgIpc) is 2.65. The van der Waals surface area contributed by atoms with Gasteiger partial charge in [-0.2, -0.15) is 0 Å². The molecule has 0 amide bonds. The lowest BCUT2D eigenvalue weighted by atomic mass is 9.71. The van der Waals surface area contributed by atoms with E-state index in [1.54, 1.807) is 0 Å². The van der Waals surface area contributed by atoms with Crippen molar-refractivity contribution in [2.75, 3.05) is 44.2 Å². The molecule has 3 heterocycles. The summed E-state index contributed by atoms with van der Waals surface area (Å²) in [5.74, 6) is 0. The van der Waals surface area contributed by atoms with Crippen molar-refractivity contribution in [3.8, 4) is 0 Å². The lowest BCUT2D eigenvalue weighted by Gasteiger charge is -2.51. The van der Waals surface area contributed by atoms with Gasteiger partial charge in [0.25, 0.3) is 0 Å². The van der Waals surface area contributed by atoms with Crippen LogP contribution in [0.4, 0.5) is 5.69 Å². The molecule has 154 valence electrons. The van der Waals surface area contributed by atoms with Crippen molar-refractivity contribution in [3.63, 3.8) is 0 Å². The number of aliphatic hydroxyl groups is 1. The number of nitrogens with zero attached hydrogens (tertiary/aromatic N) is 2. The Labute approximate surface area is 176 Å². The Morgan fingerprint density at radius 1 is 1.07 bits per heavy atom. The number of hydrogen-bond acceptors (Lipinski definition) is 4. The monoisotopic (exact) mass is 415 g/mol. The maximum atomic E-state index is 10.6. The number of likely N-dealkylation sites (tertiary alicyclic amines) is 1. The predicted octanol–water partition coefficient (Wildman–Crippen LogP) is 3.24. The summed E-state index contributed by atoms with van der Waals surface area (Å²) in [6, 6.07) is 9.44. The van der Waals surface area contributed by atoms with E-state index in [9.17, 15) is 5.11 Å². The SMILES string of the molecule is Cc1ccccc1N1CCC(N2CCC[C@]3(CNCC[C@@H]3O)C2)CC1.Cl.Cl. The summed E-state index contributed by atoms with van der Waals surface area (Å²) in [5.41, 5.74) is 2.89. The summed E-state index contributed by atoms with van der Waals surface area (Å²) < 4.78 is 0. The second-order valence-electron chi connectivity index (χ2n) is 8.42. The molecule has 3 saturated heterocycles. The third-order valence-corrected chi connectivity index (χ3v) is 6.85. The van der Waals surface area contributed by atoms with Gasteiger partial charge in [-0.3, -0.25) is 4.90 Å². The van der Waals surface area contributed by atoms with Crippen LogP contribution in [-0.2, 0) is 0 Å². The van der Waals surface area contributed by atoms with Gasteiger partial charge in [0, 0.05) is 43.3 Å². The molecule has 0 aliphatic carbocycles. The highest BCUT2D eigenvalue weighted by Crippen LogP contribution is 2.38. The highest BCUT2D eigenvalue weighted by Gasteiger charge is 2.44. The Hall–Kier alpha value is -0.520. The lowest BCUT2D eigenvalue weighted by molar-refractivity contribution is -0.0612. The topological polar surface area (TPSA) is 38.7 Å². The van der Waals surface area contributed by atoms with Crippen molar-refractivity contribution in [2.24, 2.45) is 5.41 Å². The van der Waals surface area contributed by atoms with Crippen LogP contribution in [0.15, 0.2) is 24.3 Å². The van der Waals surface area contributed by atoms with Crippen LogP contribution in [0.3, 0.4) is 0 Å². The lowest BCUT2D eigenvalue weighted by Crippen LogP contribution is -2.60. The van der Waals surface area contributed by atoms with E-state index in [-0.39, 0.29) is 36.3 Å². The van der Waals surface area contributed by atoms with Gasteiger partial charge in [-0.1, -0.05) is 18.2 Å². The smallest absolute Gasteiger partial charge is 0.0633 e. The van der Waals surface area contributed by atoms with Crippen LogP contribution >= 0.6 is 24.8 Å². The fraction of sp³-hybridized carbons (Fsp3) is 0.714. The first kappa shape index (κ1) is 22.8. The van der Waals surface area contributed by atoms with Crippen LogP contribution in [-0.4, -0.2) is 61.4 Å². The zero-order chi connectivity index (χ0) is 17.3. The van der Waals surface area contributed by atoms with Gasteiger partial charge in [0.1, 0.15) is 0 Å². The third-order valence-electron chi connectivity index (χ3n) is 6.85. The summed E-state index contributed by atoms with van der Waals surface area (Å²) >= 11 is 0. The van der Waals surface area contributed by atoms with E-state index in [2.05, 4.69) is 46.3 Å². The van der Waals surface area contributed by atoms with Crippen LogP contribution in [0.1, 0.15) is 37.7 Å². The number of benzene rings is 1. The second kappa shape index (κ2) is 9.80. The molecule has 3 aliphatic rings. The second-order valence-corrected chi connectivity index (χ2v) is 8.42. The minimum Gasteiger partial charge on any atom is -0.392 e. The standard InChI is InChI=1S/C21H33N3O.2ClH/c1-17-5-2-3-6-19(17)23-13-8-18(9-14-23)24-12-4-10-21(16-24)15-22-11-7-20(21)25;;/h2-3,5-6,18,20,22,25H,4,7-16H2,1H3;2*1H/t20-,21-;;/m0../s1. The quantitative estimate of drug-likeness (QED) is 0.777. The number of piperidine rings is 3. The Bertz CT molecular complexity index is 591. The van der Waals surface area contributed by atoms with E-state index in [4.69, 9.17) is 0 Å². The van der Waals surface area contributed by atoms with Crippen LogP contribution in [0.2, 0.25) is 0 Å². The van der Waals surface area contributed by atoms with Gasteiger partial charge in [0.15, 0.2) is 0 Å². The molecule has 27 heavy (non-hydrogen) atoms. The number of hydrogen-bond donors (Lipinski definition) is 2. The molecule has 6 heteroatoms. The van der Waals surface area contributed by atoms with Crippen molar-refractivity contribution >= 4 is 30.5 Å². The highest BCUT2D eigenvalue weighted by atomic mass is 35.5. The molecule has 1 spiro atoms. The molecule has 0 radical (unpaired) electrons. The summed E-state index contributed by atoms with van der Waals surface area (Å²) in [6.45, 7) is 8.77. The van der Waals surface area contributed by atoms with Crippen molar-refractivity contribution < 1.29 is 5.11 Å². The van der Waals surface area contributed by atoms with Gasteiger partial charge in [-0.05, 0) is 63.7 Å². The molecule has 4 nitrogen and oxygen atoms in total. The molecular weight excluding hydrogens is 381 g/mol. The molecule has 1 aromatic rings. The molecule has 1 aromatic carbocycles. The Morgan fingerprint density at radius 3 is 2.52 bits per heavy atom. The van der Waals surface area contributed by atoms with Crippen LogP contribution in [0, 0.1) is 12.3 Å². The van der Waals surface area contributed by atoms with E-state index in [1.165, 1.54) is 43.5 Å². The summed E-state index contributed by atoms with van der Waals surface area (Å²) in [5, 5.41) is 14.2. The molecule has 3 fully saturated rings. The van der Waals surface area contributed by atoms with Gasteiger partial charge in [-0.25, -0.2) is 0 Å². The average molecular weight is 416 g/mol. The van der Waals surface area contributed by atoms with Gasteiger partial charge in [-0.15, -0.1) is 24.8 Å². The van der Waals surface area contributed by atoms with Gasteiger partial charge < -0.3 is 15.3 Å². The molecule has 2 atom stereocenters. The van der Waals surface area contributed by atoms with Gasteiger partial charge in [0.2, 0.25) is 0 Å². The van der Waals surface area contributed by atoms with Crippen molar-refractivity contribution in [2.45, 2.75) is 51.2 Å². The molecule has 0 bridgehead atoms. The third kappa shape index (κ3) is 4.73. The van der Waals surface area contributed by atoms with Gasteiger partial charge >= 0.3 is 0 Å².